The molecular formula is C15H19N3O2S. The Kier molecular flexibility index (Phi) is 3.59. The number of fused-ring (bicyclic) bond motifs is 1. The molecule has 6 heteroatoms. The van der Waals surface area contributed by atoms with E-state index in [4.69, 9.17) is 5.73 Å². The van der Waals surface area contributed by atoms with Crippen LogP contribution in [0.4, 0.5) is 5.69 Å². The first-order chi connectivity index (χ1) is 10.0. The van der Waals surface area contributed by atoms with Crippen LogP contribution in [-0.2, 0) is 10.0 Å². The molecule has 21 heavy (non-hydrogen) atoms. The van der Waals surface area contributed by atoms with Gasteiger partial charge in [-0.05, 0) is 43.0 Å². The van der Waals surface area contributed by atoms with Crippen LogP contribution in [0.5, 0.6) is 0 Å². The molecule has 0 radical (unpaired) electrons. The van der Waals surface area contributed by atoms with Crippen molar-refractivity contribution in [1.82, 2.24) is 9.71 Å². The highest BCUT2D eigenvalue weighted by molar-refractivity contribution is 7.89. The number of sulfonamides is 1. The second-order valence-electron chi connectivity index (χ2n) is 5.56. The maximum Gasteiger partial charge on any atom is 0.243 e. The summed E-state index contributed by atoms with van der Waals surface area (Å²) in [7, 11) is -3.56. The quantitative estimate of drug-likeness (QED) is 0.830. The molecular weight excluding hydrogens is 286 g/mol. The van der Waals surface area contributed by atoms with Gasteiger partial charge in [0.15, 0.2) is 0 Å². The van der Waals surface area contributed by atoms with Gasteiger partial charge in [0.1, 0.15) is 4.90 Å². The summed E-state index contributed by atoms with van der Waals surface area (Å²) < 4.78 is 27.9. The zero-order valence-corrected chi connectivity index (χ0v) is 12.7. The van der Waals surface area contributed by atoms with Gasteiger partial charge in [0.25, 0.3) is 0 Å². The zero-order valence-electron chi connectivity index (χ0n) is 11.9. The zero-order chi connectivity index (χ0) is 15.0. The van der Waals surface area contributed by atoms with Crippen LogP contribution < -0.4 is 10.5 Å². The molecule has 3 N–H and O–H groups in total. The minimum absolute atomic E-state index is 0.0614. The van der Waals surface area contributed by atoms with Gasteiger partial charge in [0.05, 0.1) is 5.52 Å². The lowest BCUT2D eigenvalue weighted by atomic mass is 10.2. The fourth-order valence-corrected chi connectivity index (χ4v) is 4.21. The van der Waals surface area contributed by atoms with Crippen LogP contribution in [0.15, 0.2) is 35.4 Å². The summed E-state index contributed by atoms with van der Waals surface area (Å²) in [5, 5.41) is 0.668. The number of anilines is 1. The minimum atomic E-state index is -3.56. The average Bonchev–Trinajstić information content (AvgIpc) is 3.16. The first-order valence-electron chi connectivity index (χ1n) is 7.18. The van der Waals surface area contributed by atoms with E-state index in [1.165, 1.54) is 6.07 Å². The topological polar surface area (TPSA) is 85.1 Å². The summed E-state index contributed by atoms with van der Waals surface area (Å²) in [6.07, 6.45) is 4.65. The Balaban J connectivity index is 1.95. The SMILES string of the molecule is CCCC1CC1NS(=O)(=O)c1ccc(N)c2cccnc12. The van der Waals surface area contributed by atoms with E-state index in [0.717, 1.165) is 19.3 Å². The molecule has 0 aliphatic heterocycles. The molecule has 1 saturated carbocycles. The number of nitrogens with zero attached hydrogens (tertiary/aromatic N) is 1. The standard InChI is InChI=1S/C15H19N3O2S/c1-2-4-10-9-13(10)18-21(19,20)14-7-6-12(16)11-5-3-8-17-15(11)14/h3,5-8,10,13,18H,2,4,9,16H2,1H3. The summed E-state index contributed by atoms with van der Waals surface area (Å²) in [6.45, 7) is 2.11. The lowest BCUT2D eigenvalue weighted by Gasteiger charge is -2.10. The molecule has 0 saturated heterocycles. The Morgan fingerprint density at radius 3 is 2.95 bits per heavy atom. The van der Waals surface area contributed by atoms with Crippen molar-refractivity contribution in [3.8, 4) is 0 Å². The molecule has 2 unspecified atom stereocenters. The molecule has 1 fully saturated rings. The minimum Gasteiger partial charge on any atom is -0.398 e. The summed E-state index contributed by atoms with van der Waals surface area (Å²) in [5.41, 5.74) is 6.85. The molecule has 1 aliphatic rings. The number of aromatic nitrogens is 1. The van der Waals surface area contributed by atoms with Gasteiger partial charge in [-0.15, -0.1) is 0 Å². The van der Waals surface area contributed by atoms with Crippen LogP contribution in [0.25, 0.3) is 10.9 Å². The predicted molar refractivity (Wildman–Crippen MR) is 83.3 cm³/mol. The van der Waals surface area contributed by atoms with Crippen molar-refractivity contribution in [2.75, 3.05) is 5.73 Å². The van der Waals surface area contributed by atoms with Crippen molar-refractivity contribution in [1.29, 1.82) is 0 Å². The third-order valence-electron chi connectivity index (χ3n) is 3.94. The van der Waals surface area contributed by atoms with Gasteiger partial charge < -0.3 is 5.73 Å². The van der Waals surface area contributed by atoms with Crippen LogP contribution in [0.3, 0.4) is 0 Å². The van der Waals surface area contributed by atoms with E-state index in [-0.39, 0.29) is 10.9 Å². The van der Waals surface area contributed by atoms with Gasteiger partial charge in [-0.3, -0.25) is 4.98 Å². The van der Waals surface area contributed by atoms with Gasteiger partial charge in [-0.2, -0.15) is 0 Å². The number of benzene rings is 1. The van der Waals surface area contributed by atoms with Crippen LogP contribution >= 0.6 is 0 Å². The average molecular weight is 305 g/mol. The molecule has 1 aromatic heterocycles. The number of nitrogen functional groups attached to an aromatic ring is 1. The van der Waals surface area contributed by atoms with E-state index < -0.39 is 10.0 Å². The molecule has 5 nitrogen and oxygen atoms in total. The number of nitrogens with one attached hydrogen (secondary N) is 1. The van der Waals surface area contributed by atoms with E-state index in [1.807, 2.05) is 0 Å². The highest BCUT2D eigenvalue weighted by atomic mass is 32.2. The van der Waals surface area contributed by atoms with Crippen molar-refractivity contribution < 1.29 is 8.42 Å². The van der Waals surface area contributed by atoms with Crippen LogP contribution in [0.1, 0.15) is 26.2 Å². The lowest BCUT2D eigenvalue weighted by Crippen LogP contribution is -2.27. The van der Waals surface area contributed by atoms with Crippen LogP contribution in [-0.4, -0.2) is 19.4 Å². The molecule has 2 aromatic rings. The normalized spacial score (nSPS) is 21.6. The van der Waals surface area contributed by atoms with E-state index in [0.29, 0.717) is 22.5 Å². The first-order valence-corrected chi connectivity index (χ1v) is 8.67. The summed E-state index contributed by atoms with van der Waals surface area (Å²) in [4.78, 5) is 4.40. The predicted octanol–water partition coefficient (Wildman–Crippen LogP) is 2.28. The van der Waals surface area contributed by atoms with Gasteiger partial charge in [-0.1, -0.05) is 13.3 Å². The molecule has 1 heterocycles. The van der Waals surface area contributed by atoms with Gasteiger partial charge in [-0.25, -0.2) is 13.1 Å². The number of nitrogens with two attached hydrogens (primary N) is 1. The van der Waals surface area contributed by atoms with Gasteiger partial charge in [0, 0.05) is 23.3 Å². The number of pyridine rings is 1. The summed E-state index contributed by atoms with van der Waals surface area (Å²) in [6, 6.07) is 6.75. The van der Waals surface area contributed by atoms with Gasteiger partial charge >= 0.3 is 0 Å². The highest BCUT2D eigenvalue weighted by Crippen LogP contribution is 2.36. The summed E-state index contributed by atoms with van der Waals surface area (Å²) in [5.74, 6) is 0.470. The second kappa shape index (κ2) is 5.27. The maximum atomic E-state index is 12.6. The van der Waals surface area contributed by atoms with E-state index in [1.54, 1.807) is 24.4 Å². The fourth-order valence-electron chi connectivity index (χ4n) is 2.73. The number of hydrogen-bond donors (Lipinski definition) is 2. The van der Waals surface area contributed by atoms with E-state index in [9.17, 15) is 8.42 Å². The van der Waals surface area contributed by atoms with Crippen LogP contribution in [0, 0.1) is 5.92 Å². The number of hydrogen-bond acceptors (Lipinski definition) is 4. The Labute approximate surface area is 124 Å². The second-order valence-corrected chi connectivity index (χ2v) is 7.25. The first kappa shape index (κ1) is 14.3. The third kappa shape index (κ3) is 2.73. The van der Waals surface area contributed by atoms with Gasteiger partial charge in [0.2, 0.25) is 10.0 Å². The molecule has 0 spiro atoms. The largest absolute Gasteiger partial charge is 0.398 e. The molecule has 0 amide bonds. The molecule has 1 aliphatic carbocycles. The van der Waals surface area contributed by atoms with Crippen molar-refractivity contribution in [2.24, 2.45) is 5.92 Å². The van der Waals surface area contributed by atoms with Crippen molar-refractivity contribution in [3.05, 3.63) is 30.5 Å². The van der Waals surface area contributed by atoms with Crippen molar-refractivity contribution in [2.45, 2.75) is 37.1 Å². The smallest absolute Gasteiger partial charge is 0.243 e. The Morgan fingerprint density at radius 2 is 2.19 bits per heavy atom. The Hall–Kier alpha value is -1.66. The number of rotatable bonds is 5. The Morgan fingerprint density at radius 1 is 1.38 bits per heavy atom. The fraction of sp³-hybridized carbons (Fsp3) is 0.400. The Bertz CT molecular complexity index is 774. The highest BCUT2D eigenvalue weighted by Gasteiger charge is 2.39. The molecule has 3 rings (SSSR count). The molecule has 0 bridgehead atoms. The van der Waals surface area contributed by atoms with Crippen LogP contribution in [0.2, 0.25) is 0 Å². The molecule has 1 aromatic carbocycles. The van der Waals surface area contributed by atoms with E-state index in [2.05, 4.69) is 16.6 Å². The molecule has 2 atom stereocenters. The third-order valence-corrected chi connectivity index (χ3v) is 5.47. The van der Waals surface area contributed by atoms with E-state index >= 15 is 0 Å². The lowest BCUT2D eigenvalue weighted by molar-refractivity contribution is 0.574. The molecule has 112 valence electrons. The maximum absolute atomic E-state index is 12.6. The monoisotopic (exact) mass is 305 g/mol. The van der Waals surface area contributed by atoms with Crippen molar-refractivity contribution in [3.63, 3.8) is 0 Å². The van der Waals surface area contributed by atoms with Crippen molar-refractivity contribution >= 4 is 26.6 Å². The summed E-state index contributed by atoms with van der Waals surface area (Å²) >= 11 is 0.